The third-order valence-electron chi connectivity index (χ3n) is 2.63. The van der Waals surface area contributed by atoms with Crippen LogP contribution in [-0.4, -0.2) is 8.42 Å². The minimum Gasteiger partial charge on any atom is -0.398 e. The maximum Gasteiger partial charge on any atom is 0.416 e. The van der Waals surface area contributed by atoms with E-state index < -0.39 is 27.3 Å². The van der Waals surface area contributed by atoms with Crippen LogP contribution in [0.15, 0.2) is 35.2 Å². The molecule has 1 aromatic heterocycles. The van der Waals surface area contributed by atoms with Gasteiger partial charge in [-0.3, -0.25) is 0 Å². The van der Waals surface area contributed by atoms with Crippen molar-refractivity contribution in [3.05, 3.63) is 45.1 Å². The van der Waals surface area contributed by atoms with Crippen molar-refractivity contribution in [2.24, 2.45) is 0 Å². The SMILES string of the molecule is Nc1cc(C(F)(F)F)ccc1S(=O)(=O)Cc1ccc(Cl)s1. The van der Waals surface area contributed by atoms with E-state index in [-0.39, 0.29) is 10.6 Å². The molecule has 0 unspecified atom stereocenters. The Balaban J connectivity index is 2.37. The summed E-state index contributed by atoms with van der Waals surface area (Å²) in [6.07, 6.45) is -4.57. The van der Waals surface area contributed by atoms with Gasteiger partial charge >= 0.3 is 6.18 Å². The van der Waals surface area contributed by atoms with Gasteiger partial charge < -0.3 is 5.73 Å². The molecular formula is C12H9ClF3NO2S2. The highest BCUT2D eigenvalue weighted by molar-refractivity contribution is 7.91. The molecule has 114 valence electrons. The van der Waals surface area contributed by atoms with Crippen LogP contribution in [0.1, 0.15) is 10.4 Å². The summed E-state index contributed by atoms with van der Waals surface area (Å²) in [5.74, 6) is -0.361. The average molecular weight is 356 g/mol. The standard InChI is InChI=1S/C12H9ClF3NO2S2/c13-11-4-2-8(20-11)6-21(18,19)10-3-1-7(5-9(10)17)12(14,15)16/h1-5H,6,17H2. The van der Waals surface area contributed by atoms with Crippen LogP contribution in [0.4, 0.5) is 18.9 Å². The van der Waals surface area contributed by atoms with E-state index in [1.165, 1.54) is 0 Å². The second kappa shape index (κ2) is 5.51. The van der Waals surface area contributed by atoms with Gasteiger partial charge in [0.25, 0.3) is 0 Å². The number of rotatable bonds is 3. The molecule has 1 aromatic carbocycles. The van der Waals surface area contributed by atoms with E-state index in [1.54, 1.807) is 12.1 Å². The predicted molar refractivity (Wildman–Crippen MR) is 76.1 cm³/mol. The van der Waals surface area contributed by atoms with E-state index >= 15 is 0 Å². The average Bonchev–Trinajstić information content (AvgIpc) is 2.72. The molecule has 1 heterocycles. The molecule has 9 heteroatoms. The molecule has 2 rings (SSSR count). The first-order chi connectivity index (χ1) is 9.59. The van der Waals surface area contributed by atoms with Crippen molar-refractivity contribution in [1.82, 2.24) is 0 Å². The number of nitrogens with two attached hydrogens (primary N) is 1. The van der Waals surface area contributed by atoms with Crippen molar-refractivity contribution < 1.29 is 21.6 Å². The largest absolute Gasteiger partial charge is 0.416 e. The monoisotopic (exact) mass is 355 g/mol. The highest BCUT2D eigenvalue weighted by atomic mass is 35.5. The molecule has 2 aromatic rings. The van der Waals surface area contributed by atoms with Gasteiger partial charge in [-0.2, -0.15) is 13.2 Å². The number of sulfone groups is 1. The van der Waals surface area contributed by atoms with E-state index in [0.717, 1.165) is 17.4 Å². The van der Waals surface area contributed by atoms with Gasteiger partial charge in [0.2, 0.25) is 0 Å². The van der Waals surface area contributed by atoms with E-state index in [2.05, 4.69) is 0 Å². The molecule has 3 nitrogen and oxygen atoms in total. The van der Waals surface area contributed by atoms with Crippen molar-refractivity contribution in [3.8, 4) is 0 Å². The minimum absolute atomic E-state index is 0.319. The zero-order chi connectivity index (χ0) is 15.8. The summed E-state index contributed by atoms with van der Waals surface area (Å²) in [6.45, 7) is 0. The summed E-state index contributed by atoms with van der Waals surface area (Å²) >= 11 is 6.80. The first-order valence-electron chi connectivity index (χ1n) is 5.53. The lowest BCUT2D eigenvalue weighted by molar-refractivity contribution is -0.137. The Morgan fingerprint density at radius 2 is 1.86 bits per heavy atom. The Morgan fingerprint density at radius 3 is 2.33 bits per heavy atom. The summed E-state index contributed by atoms with van der Waals surface area (Å²) < 4.78 is 62.4. The van der Waals surface area contributed by atoms with Crippen molar-refractivity contribution in [3.63, 3.8) is 0 Å². The molecule has 0 atom stereocenters. The highest BCUT2D eigenvalue weighted by Gasteiger charge is 2.32. The van der Waals surface area contributed by atoms with Gasteiger partial charge in [0, 0.05) is 4.88 Å². The summed E-state index contributed by atoms with van der Waals surface area (Å²) in [5, 5.41) is 0. The summed E-state index contributed by atoms with van der Waals surface area (Å²) in [5.41, 5.74) is 4.05. The lowest BCUT2D eigenvalue weighted by atomic mass is 10.2. The number of benzene rings is 1. The number of thiophene rings is 1. The van der Waals surface area contributed by atoms with Crippen LogP contribution in [0.5, 0.6) is 0 Å². The Morgan fingerprint density at radius 1 is 1.19 bits per heavy atom. The summed E-state index contributed by atoms with van der Waals surface area (Å²) in [4.78, 5) is 0.166. The van der Waals surface area contributed by atoms with Gasteiger partial charge in [0.15, 0.2) is 9.84 Å². The molecule has 0 saturated carbocycles. The normalized spacial score (nSPS) is 12.6. The fourth-order valence-corrected chi connectivity index (χ4v) is 4.61. The molecule has 0 spiro atoms. The fourth-order valence-electron chi connectivity index (χ4n) is 1.70. The molecule has 0 aliphatic rings. The minimum atomic E-state index is -4.57. The van der Waals surface area contributed by atoms with Gasteiger partial charge in [0.1, 0.15) is 0 Å². The molecule has 21 heavy (non-hydrogen) atoms. The van der Waals surface area contributed by atoms with Crippen LogP contribution in [-0.2, 0) is 21.8 Å². The van der Waals surface area contributed by atoms with Crippen LogP contribution >= 0.6 is 22.9 Å². The lowest BCUT2D eigenvalue weighted by Crippen LogP contribution is -2.10. The summed E-state index contributed by atoms with van der Waals surface area (Å²) in [6, 6.07) is 5.29. The first-order valence-corrected chi connectivity index (χ1v) is 8.38. The molecule has 0 bridgehead atoms. The van der Waals surface area contributed by atoms with Crippen molar-refractivity contribution in [2.75, 3.05) is 5.73 Å². The molecule has 0 aliphatic heterocycles. The maximum atomic E-state index is 12.5. The quantitative estimate of drug-likeness (QED) is 0.847. The van der Waals surface area contributed by atoms with Crippen molar-refractivity contribution in [2.45, 2.75) is 16.8 Å². The molecule has 0 radical (unpaired) electrons. The van der Waals surface area contributed by atoms with E-state index in [9.17, 15) is 21.6 Å². The van der Waals surface area contributed by atoms with Crippen LogP contribution in [0.25, 0.3) is 0 Å². The van der Waals surface area contributed by atoms with Crippen LogP contribution < -0.4 is 5.73 Å². The highest BCUT2D eigenvalue weighted by Crippen LogP contribution is 2.34. The van der Waals surface area contributed by atoms with Gasteiger partial charge in [-0.05, 0) is 30.3 Å². The Hall–Kier alpha value is -1.25. The number of hydrogen-bond donors (Lipinski definition) is 1. The molecule has 2 N–H and O–H groups in total. The second-order valence-electron chi connectivity index (χ2n) is 4.22. The van der Waals surface area contributed by atoms with E-state index in [4.69, 9.17) is 17.3 Å². The number of anilines is 1. The van der Waals surface area contributed by atoms with Crippen LogP contribution in [0.3, 0.4) is 0 Å². The fraction of sp³-hybridized carbons (Fsp3) is 0.167. The Bertz CT molecular complexity index is 769. The maximum absolute atomic E-state index is 12.5. The van der Waals surface area contributed by atoms with Gasteiger partial charge in [-0.1, -0.05) is 11.6 Å². The lowest BCUT2D eigenvalue weighted by Gasteiger charge is -2.11. The Kier molecular flexibility index (Phi) is 4.23. The smallest absolute Gasteiger partial charge is 0.398 e. The molecule has 0 fully saturated rings. The zero-order valence-electron chi connectivity index (χ0n) is 10.3. The second-order valence-corrected chi connectivity index (χ2v) is 7.97. The molecular weight excluding hydrogens is 347 g/mol. The first kappa shape index (κ1) is 16.1. The van der Waals surface area contributed by atoms with Gasteiger partial charge in [-0.15, -0.1) is 11.3 Å². The number of alkyl halides is 3. The third-order valence-corrected chi connectivity index (χ3v) is 5.78. The molecule has 0 aliphatic carbocycles. The number of halogens is 4. The van der Waals surface area contributed by atoms with Crippen LogP contribution in [0.2, 0.25) is 4.34 Å². The van der Waals surface area contributed by atoms with Gasteiger partial charge in [0.05, 0.1) is 26.2 Å². The van der Waals surface area contributed by atoms with Crippen LogP contribution in [0, 0.1) is 0 Å². The predicted octanol–water partition coefficient (Wildman–Crippen LogP) is 3.98. The van der Waals surface area contributed by atoms with Crippen molar-refractivity contribution in [1.29, 1.82) is 0 Å². The van der Waals surface area contributed by atoms with Crippen molar-refractivity contribution >= 4 is 38.5 Å². The van der Waals surface area contributed by atoms with E-state index in [1.807, 2.05) is 0 Å². The number of hydrogen-bond acceptors (Lipinski definition) is 4. The van der Waals surface area contributed by atoms with Gasteiger partial charge in [-0.25, -0.2) is 8.42 Å². The third kappa shape index (κ3) is 3.69. The summed E-state index contributed by atoms with van der Waals surface area (Å²) in [7, 11) is -3.83. The topological polar surface area (TPSA) is 60.2 Å². The Labute approximate surface area is 128 Å². The molecule has 0 amide bonds. The number of nitrogen functional groups attached to an aromatic ring is 1. The zero-order valence-corrected chi connectivity index (χ0v) is 12.7. The molecule has 0 saturated heterocycles. The van der Waals surface area contributed by atoms with E-state index in [0.29, 0.717) is 21.3 Å².